The molecule has 1 heterocycles. The molecule has 2 aliphatic carbocycles. The van der Waals surface area contributed by atoms with Crippen LogP contribution in [0.15, 0.2) is 48.5 Å². The molecule has 0 spiro atoms. The van der Waals surface area contributed by atoms with Gasteiger partial charge in [-0.05, 0) is 43.2 Å². The molecule has 1 saturated heterocycles. The Morgan fingerprint density at radius 2 is 1.62 bits per heavy atom. The second-order valence-electron chi connectivity index (χ2n) is 8.60. The lowest BCUT2D eigenvalue weighted by Crippen LogP contribution is -2.50. The smallest absolute Gasteiger partial charge is 0.272 e. The first-order valence-corrected chi connectivity index (χ1v) is 10.5. The van der Waals surface area contributed by atoms with E-state index in [0.29, 0.717) is 0 Å². The predicted molar refractivity (Wildman–Crippen MR) is 109 cm³/mol. The monoisotopic (exact) mass is 437 g/mol. The summed E-state index contributed by atoms with van der Waals surface area (Å²) < 4.78 is 14.4. The van der Waals surface area contributed by atoms with Crippen molar-refractivity contribution in [2.45, 2.75) is 25.8 Å². The number of carbonyl (C=O) groups is 3. The zero-order valence-corrected chi connectivity index (χ0v) is 17.0. The number of nitro benzene ring substituents is 1. The van der Waals surface area contributed by atoms with Crippen LogP contribution in [-0.2, 0) is 16.1 Å². The van der Waals surface area contributed by atoms with Gasteiger partial charge in [0.1, 0.15) is 11.4 Å². The Bertz CT molecular complexity index is 1120. The number of benzene rings is 2. The molecular formula is C23H20FN3O5. The number of fused-ring (bicyclic) bond motifs is 5. The van der Waals surface area contributed by atoms with Crippen LogP contribution in [-0.4, -0.2) is 32.7 Å². The number of para-hydroxylation sites is 1. The van der Waals surface area contributed by atoms with Gasteiger partial charge in [-0.2, -0.15) is 5.01 Å². The number of imide groups is 1. The van der Waals surface area contributed by atoms with Crippen LogP contribution < -0.4 is 0 Å². The predicted octanol–water partition coefficient (Wildman–Crippen LogP) is 3.32. The molecule has 2 bridgehead atoms. The van der Waals surface area contributed by atoms with E-state index in [4.69, 9.17) is 0 Å². The van der Waals surface area contributed by atoms with Gasteiger partial charge in [0, 0.05) is 11.6 Å². The molecule has 2 aromatic carbocycles. The van der Waals surface area contributed by atoms with E-state index in [1.165, 1.54) is 42.5 Å². The number of hydrazine groups is 1. The van der Waals surface area contributed by atoms with Crippen molar-refractivity contribution < 1.29 is 23.7 Å². The molecule has 2 saturated carbocycles. The number of nitrogens with zero attached hydrogens (tertiary/aromatic N) is 3. The summed E-state index contributed by atoms with van der Waals surface area (Å²) in [4.78, 5) is 51.0. The van der Waals surface area contributed by atoms with E-state index in [0.717, 1.165) is 29.3 Å². The quantitative estimate of drug-likeness (QED) is 0.406. The number of hydrogen-bond acceptors (Lipinski definition) is 5. The molecule has 0 unspecified atom stereocenters. The van der Waals surface area contributed by atoms with Crippen LogP contribution >= 0.6 is 0 Å². The van der Waals surface area contributed by atoms with Gasteiger partial charge in [0.15, 0.2) is 0 Å². The number of carbonyl (C=O) groups excluding carboxylic acids is 3. The Balaban J connectivity index is 1.57. The minimum Gasteiger partial charge on any atom is -0.272 e. The highest BCUT2D eigenvalue weighted by Crippen LogP contribution is 2.56. The minimum atomic E-state index is -0.894. The van der Waals surface area contributed by atoms with Crippen LogP contribution in [0.3, 0.4) is 0 Å². The molecule has 2 aromatic rings. The van der Waals surface area contributed by atoms with Crippen molar-refractivity contribution >= 4 is 23.4 Å². The topological polar surface area (TPSA) is 101 Å². The molecule has 164 valence electrons. The van der Waals surface area contributed by atoms with Crippen molar-refractivity contribution in [1.82, 2.24) is 10.0 Å². The molecule has 5 rings (SSSR count). The maximum Gasteiger partial charge on any atom is 0.282 e. The van der Waals surface area contributed by atoms with Crippen molar-refractivity contribution in [2.24, 2.45) is 23.7 Å². The molecule has 9 heteroatoms. The fraction of sp³-hybridized carbons (Fsp3) is 0.348. The maximum absolute atomic E-state index is 14.4. The second kappa shape index (κ2) is 7.51. The molecule has 3 amide bonds. The number of hydrogen-bond donors (Lipinski definition) is 0. The zero-order valence-electron chi connectivity index (χ0n) is 17.0. The third kappa shape index (κ3) is 2.99. The van der Waals surface area contributed by atoms with Gasteiger partial charge in [-0.3, -0.25) is 24.5 Å². The van der Waals surface area contributed by atoms with Crippen molar-refractivity contribution in [3.05, 3.63) is 75.6 Å². The standard InChI is InChI=1S/C23H20FN3O5/c24-17-7-3-1-5-15(17)12-25(21(28)16-6-2-4-8-18(16)27(31)32)26-22(29)19-13-9-10-14(11-13)20(19)23(26)30/h1-8,13-14,19-20H,9-12H2/t13-,14-,19-,20-/m0/s1. The first-order valence-electron chi connectivity index (χ1n) is 10.5. The summed E-state index contributed by atoms with van der Waals surface area (Å²) in [5.41, 5.74) is -0.620. The van der Waals surface area contributed by atoms with Gasteiger partial charge < -0.3 is 0 Å². The Morgan fingerprint density at radius 3 is 2.25 bits per heavy atom. The van der Waals surface area contributed by atoms with Gasteiger partial charge in [0.25, 0.3) is 23.4 Å². The molecule has 8 nitrogen and oxygen atoms in total. The van der Waals surface area contributed by atoms with Gasteiger partial charge in [0.2, 0.25) is 0 Å². The summed E-state index contributed by atoms with van der Waals surface area (Å²) in [6, 6.07) is 11.1. The van der Waals surface area contributed by atoms with Gasteiger partial charge in [0.05, 0.1) is 23.3 Å². The highest BCUT2D eigenvalue weighted by Gasteiger charge is 2.62. The molecule has 3 aliphatic rings. The molecule has 0 aromatic heterocycles. The Labute approximate surface area is 182 Å². The van der Waals surface area contributed by atoms with Crippen molar-refractivity contribution in [3.63, 3.8) is 0 Å². The van der Waals surface area contributed by atoms with Crippen LogP contribution in [0.5, 0.6) is 0 Å². The van der Waals surface area contributed by atoms with E-state index in [2.05, 4.69) is 0 Å². The highest BCUT2D eigenvalue weighted by molar-refractivity contribution is 6.09. The first-order chi connectivity index (χ1) is 15.4. The molecule has 3 fully saturated rings. The average molecular weight is 437 g/mol. The summed E-state index contributed by atoms with van der Waals surface area (Å²) >= 11 is 0. The Kier molecular flexibility index (Phi) is 4.76. The summed E-state index contributed by atoms with van der Waals surface area (Å²) in [7, 11) is 0. The van der Waals surface area contributed by atoms with Crippen LogP contribution in [0.4, 0.5) is 10.1 Å². The summed E-state index contributed by atoms with van der Waals surface area (Å²) in [6.07, 6.45) is 2.56. The normalized spacial score (nSPS) is 25.8. The van der Waals surface area contributed by atoms with E-state index in [1.54, 1.807) is 6.07 Å². The number of halogens is 1. The lowest BCUT2D eigenvalue weighted by Gasteiger charge is -2.31. The average Bonchev–Trinajstić information content (AvgIpc) is 3.47. The van der Waals surface area contributed by atoms with Crippen molar-refractivity contribution in [1.29, 1.82) is 0 Å². The fourth-order valence-corrected chi connectivity index (χ4v) is 5.60. The van der Waals surface area contributed by atoms with Gasteiger partial charge >= 0.3 is 0 Å². The molecule has 0 N–H and O–H groups in total. The first kappa shape index (κ1) is 20.3. The summed E-state index contributed by atoms with van der Waals surface area (Å²) in [5, 5.41) is 13.2. The molecule has 0 radical (unpaired) electrons. The van der Waals surface area contributed by atoms with E-state index >= 15 is 0 Å². The second-order valence-corrected chi connectivity index (χ2v) is 8.60. The molecule has 1 aliphatic heterocycles. The third-order valence-electron chi connectivity index (χ3n) is 6.99. The van der Waals surface area contributed by atoms with Crippen LogP contribution in [0.2, 0.25) is 0 Å². The third-order valence-corrected chi connectivity index (χ3v) is 6.99. The van der Waals surface area contributed by atoms with Gasteiger partial charge in [-0.25, -0.2) is 9.40 Å². The fourth-order valence-electron chi connectivity index (χ4n) is 5.60. The maximum atomic E-state index is 14.4. The Morgan fingerprint density at radius 1 is 1.03 bits per heavy atom. The van der Waals surface area contributed by atoms with E-state index < -0.39 is 52.5 Å². The van der Waals surface area contributed by atoms with E-state index in [-0.39, 0.29) is 23.0 Å². The van der Waals surface area contributed by atoms with E-state index in [1.807, 2.05) is 0 Å². The zero-order chi connectivity index (χ0) is 22.6. The molecule has 32 heavy (non-hydrogen) atoms. The van der Waals surface area contributed by atoms with Crippen molar-refractivity contribution in [3.8, 4) is 0 Å². The SMILES string of the molecule is O=C(c1ccccc1[N+](=O)[O-])N(Cc1ccccc1F)N1C(=O)[C@H]2[C@H]3CC[C@@H](C3)[C@@H]2C1=O. The highest BCUT2D eigenvalue weighted by atomic mass is 19.1. The number of amides is 3. The van der Waals surface area contributed by atoms with E-state index in [9.17, 15) is 28.9 Å². The molecule has 4 atom stereocenters. The van der Waals surface area contributed by atoms with Crippen LogP contribution in [0.1, 0.15) is 35.2 Å². The van der Waals surface area contributed by atoms with Gasteiger partial charge in [-0.1, -0.05) is 30.3 Å². The summed E-state index contributed by atoms with van der Waals surface area (Å²) in [6.45, 7) is -0.399. The lowest BCUT2D eigenvalue weighted by molar-refractivity contribution is -0.385. The number of nitro groups is 1. The molecular weight excluding hydrogens is 417 g/mol. The minimum absolute atomic E-state index is 0.0973. The largest absolute Gasteiger partial charge is 0.282 e. The van der Waals surface area contributed by atoms with Crippen LogP contribution in [0.25, 0.3) is 0 Å². The van der Waals surface area contributed by atoms with Crippen LogP contribution in [0, 0.1) is 39.6 Å². The number of rotatable bonds is 5. The van der Waals surface area contributed by atoms with Crippen molar-refractivity contribution in [2.75, 3.05) is 0 Å². The lowest BCUT2D eigenvalue weighted by atomic mass is 9.81. The Hall–Kier alpha value is -3.62. The van der Waals surface area contributed by atoms with Gasteiger partial charge in [-0.15, -0.1) is 0 Å². The summed E-state index contributed by atoms with van der Waals surface area (Å²) in [5.74, 6) is -3.22.